The molecule has 0 aliphatic carbocycles. The van der Waals surface area contributed by atoms with Gasteiger partial charge in [0.1, 0.15) is 5.69 Å². The predicted molar refractivity (Wildman–Crippen MR) is 65.1 cm³/mol. The summed E-state index contributed by atoms with van der Waals surface area (Å²) in [6.45, 7) is 3.18. The summed E-state index contributed by atoms with van der Waals surface area (Å²) in [6, 6.07) is 7.26. The molecule has 0 fully saturated rings. The highest BCUT2D eigenvalue weighted by atomic mass is 19.4. The summed E-state index contributed by atoms with van der Waals surface area (Å²) in [5.74, 6) is 0. The Hall–Kier alpha value is -1.98. The molecule has 0 radical (unpaired) electrons. The zero-order valence-electron chi connectivity index (χ0n) is 10.5. The van der Waals surface area contributed by atoms with Crippen LogP contribution in [0.5, 0.6) is 0 Å². The van der Waals surface area contributed by atoms with Gasteiger partial charge in [-0.05, 0) is 19.4 Å². The van der Waals surface area contributed by atoms with Gasteiger partial charge in [-0.15, -0.1) is 0 Å². The van der Waals surface area contributed by atoms with E-state index in [4.69, 9.17) is 0 Å². The Bertz CT molecular complexity index is 635. The van der Waals surface area contributed by atoms with Crippen molar-refractivity contribution in [2.24, 2.45) is 0 Å². The van der Waals surface area contributed by atoms with E-state index in [9.17, 15) is 18.0 Å². The van der Waals surface area contributed by atoms with Gasteiger partial charge in [0.05, 0.1) is 6.54 Å². The molecule has 2 rings (SSSR count). The van der Waals surface area contributed by atoms with Gasteiger partial charge in [-0.25, -0.2) is 4.68 Å². The van der Waals surface area contributed by atoms with Crippen molar-refractivity contribution in [1.82, 2.24) is 9.78 Å². The smallest absolute Gasteiger partial charge is 0.291 e. The quantitative estimate of drug-likeness (QED) is 0.895. The number of nitrogens with one attached hydrogen (secondary N) is 1. The van der Waals surface area contributed by atoms with E-state index >= 15 is 0 Å². The van der Waals surface area contributed by atoms with Crippen LogP contribution in [0, 0.1) is 13.8 Å². The van der Waals surface area contributed by atoms with Crippen molar-refractivity contribution in [3.63, 3.8) is 0 Å². The molecule has 1 aromatic carbocycles. The third-order valence-electron chi connectivity index (χ3n) is 2.93. The van der Waals surface area contributed by atoms with Crippen LogP contribution in [-0.4, -0.2) is 9.78 Å². The third kappa shape index (κ3) is 2.72. The van der Waals surface area contributed by atoms with Crippen LogP contribution < -0.4 is 5.56 Å². The van der Waals surface area contributed by atoms with Crippen LogP contribution in [0.25, 0.3) is 0 Å². The van der Waals surface area contributed by atoms with Gasteiger partial charge >= 0.3 is 6.18 Å². The second-order valence-corrected chi connectivity index (χ2v) is 4.49. The second-order valence-electron chi connectivity index (χ2n) is 4.49. The molecule has 0 bridgehead atoms. The summed E-state index contributed by atoms with van der Waals surface area (Å²) in [6.07, 6.45) is -4.54. The maximum atomic E-state index is 12.7. The van der Waals surface area contributed by atoms with Crippen LogP contribution in [-0.2, 0) is 12.7 Å². The van der Waals surface area contributed by atoms with E-state index in [1.165, 1.54) is 6.92 Å². The van der Waals surface area contributed by atoms with Crippen LogP contribution >= 0.6 is 0 Å². The largest absolute Gasteiger partial charge is 0.433 e. The number of rotatable bonds is 2. The first-order valence-corrected chi connectivity index (χ1v) is 5.71. The fraction of sp³-hybridized carbons (Fsp3) is 0.308. The van der Waals surface area contributed by atoms with Crippen molar-refractivity contribution < 1.29 is 13.2 Å². The molecule has 1 heterocycles. The molecule has 102 valence electrons. The molecule has 19 heavy (non-hydrogen) atoms. The van der Waals surface area contributed by atoms with Gasteiger partial charge in [0.2, 0.25) is 0 Å². The minimum Gasteiger partial charge on any atom is -0.291 e. The van der Waals surface area contributed by atoms with Gasteiger partial charge in [0.15, 0.2) is 0 Å². The summed E-state index contributed by atoms with van der Waals surface area (Å²) in [7, 11) is 0. The number of halogens is 3. The standard InChI is InChI=1S/C13H13F3N2O/c1-8-3-5-10(6-4-8)7-18-12(19)9(2)11(17-18)13(14,15)16/h3-6,17H,7H2,1-2H3. The van der Waals surface area contributed by atoms with E-state index in [2.05, 4.69) is 5.10 Å². The molecule has 0 aliphatic rings. The van der Waals surface area contributed by atoms with Gasteiger partial charge in [0.25, 0.3) is 5.56 Å². The zero-order valence-corrected chi connectivity index (χ0v) is 10.5. The minimum atomic E-state index is -4.54. The van der Waals surface area contributed by atoms with Gasteiger partial charge in [-0.2, -0.15) is 13.2 Å². The lowest BCUT2D eigenvalue weighted by molar-refractivity contribution is -0.141. The molecule has 0 aliphatic heterocycles. The van der Waals surface area contributed by atoms with E-state index in [-0.39, 0.29) is 12.1 Å². The fourth-order valence-electron chi connectivity index (χ4n) is 1.84. The molecule has 0 atom stereocenters. The highest BCUT2D eigenvalue weighted by Crippen LogP contribution is 2.28. The number of aryl methyl sites for hydroxylation is 1. The minimum absolute atomic E-state index is 0.0933. The van der Waals surface area contributed by atoms with Crippen LogP contribution in [0.1, 0.15) is 22.4 Å². The molecule has 1 aromatic heterocycles. The van der Waals surface area contributed by atoms with Crippen LogP contribution in [0.2, 0.25) is 0 Å². The number of aromatic nitrogens is 2. The number of alkyl halides is 3. The van der Waals surface area contributed by atoms with E-state index in [0.717, 1.165) is 15.8 Å². The van der Waals surface area contributed by atoms with Crippen molar-refractivity contribution in [2.75, 3.05) is 0 Å². The molecule has 0 spiro atoms. The second kappa shape index (κ2) is 4.60. The zero-order chi connectivity index (χ0) is 14.2. The topological polar surface area (TPSA) is 37.8 Å². The summed E-state index contributed by atoms with van der Waals surface area (Å²) in [5.41, 5.74) is -0.116. The number of nitrogens with zero attached hydrogens (tertiary/aromatic N) is 1. The SMILES string of the molecule is Cc1ccc(Cn2[nH]c(C(F)(F)F)c(C)c2=O)cc1. The summed E-state index contributed by atoms with van der Waals surface area (Å²) < 4.78 is 38.9. The van der Waals surface area contributed by atoms with E-state index in [0.29, 0.717) is 0 Å². The molecule has 0 amide bonds. The fourth-order valence-corrected chi connectivity index (χ4v) is 1.84. The number of benzene rings is 1. The molecule has 3 nitrogen and oxygen atoms in total. The maximum Gasteiger partial charge on any atom is 0.433 e. The normalized spacial score (nSPS) is 11.8. The summed E-state index contributed by atoms with van der Waals surface area (Å²) >= 11 is 0. The highest BCUT2D eigenvalue weighted by molar-refractivity contribution is 5.23. The Labute approximate surface area is 107 Å². The van der Waals surface area contributed by atoms with Crippen molar-refractivity contribution in [3.05, 3.63) is 57.0 Å². The van der Waals surface area contributed by atoms with Gasteiger partial charge < -0.3 is 0 Å². The summed E-state index contributed by atoms with van der Waals surface area (Å²) in [4.78, 5) is 11.7. The van der Waals surface area contributed by atoms with Crippen LogP contribution in [0.4, 0.5) is 13.2 Å². The Morgan fingerprint density at radius 2 is 1.74 bits per heavy atom. The average Bonchev–Trinajstić information content (AvgIpc) is 2.60. The first-order chi connectivity index (χ1) is 8.79. The van der Waals surface area contributed by atoms with Crippen molar-refractivity contribution in [1.29, 1.82) is 0 Å². The molecule has 1 N–H and O–H groups in total. The Balaban J connectivity index is 2.37. The number of hydrogen-bond donors (Lipinski definition) is 1. The van der Waals surface area contributed by atoms with Crippen molar-refractivity contribution in [3.8, 4) is 0 Å². The van der Waals surface area contributed by atoms with Crippen molar-refractivity contribution >= 4 is 0 Å². The Morgan fingerprint density at radius 1 is 1.16 bits per heavy atom. The van der Waals surface area contributed by atoms with Gasteiger partial charge in [0, 0.05) is 5.56 Å². The van der Waals surface area contributed by atoms with E-state index in [1.54, 1.807) is 12.1 Å². The Morgan fingerprint density at radius 3 is 2.21 bits per heavy atom. The average molecular weight is 270 g/mol. The molecule has 6 heteroatoms. The van der Waals surface area contributed by atoms with E-state index in [1.807, 2.05) is 19.1 Å². The van der Waals surface area contributed by atoms with Gasteiger partial charge in [-0.1, -0.05) is 29.8 Å². The molecule has 0 unspecified atom stereocenters. The number of aromatic amines is 1. The lowest BCUT2D eigenvalue weighted by Crippen LogP contribution is -2.18. The highest BCUT2D eigenvalue weighted by Gasteiger charge is 2.36. The molecular weight excluding hydrogens is 257 g/mol. The molecule has 0 saturated heterocycles. The molecular formula is C13H13F3N2O. The Kier molecular flexibility index (Phi) is 3.26. The lowest BCUT2D eigenvalue weighted by atomic mass is 10.1. The lowest BCUT2D eigenvalue weighted by Gasteiger charge is -2.05. The first-order valence-electron chi connectivity index (χ1n) is 5.71. The maximum absolute atomic E-state index is 12.7. The molecule has 2 aromatic rings. The van der Waals surface area contributed by atoms with Crippen LogP contribution in [0.3, 0.4) is 0 Å². The predicted octanol–water partition coefficient (Wildman–Crippen LogP) is 2.86. The molecule has 0 saturated carbocycles. The van der Waals surface area contributed by atoms with Crippen molar-refractivity contribution in [2.45, 2.75) is 26.6 Å². The third-order valence-corrected chi connectivity index (χ3v) is 2.93. The summed E-state index contributed by atoms with van der Waals surface area (Å²) in [5, 5.41) is 2.13. The van der Waals surface area contributed by atoms with Gasteiger partial charge in [-0.3, -0.25) is 9.89 Å². The van der Waals surface area contributed by atoms with Crippen LogP contribution in [0.15, 0.2) is 29.1 Å². The monoisotopic (exact) mass is 270 g/mol. The number of H-pyrrole nitrogens is 1. The number of hydrogen-bond acceptors (Lipinski definition) is 1. The van der Waals surface area contributed by atoms with E-state index < -0.39 is 17.4 Å². The first kappa shape index (κ1) is 13.5.